The van der Waals surface area contributed by atoms with Gasteiger partial charge in [-0.05, 0) is 47.8 Å². The van der Waals surface area contributed by atoms with Crippen LogP contribution < -0.4 is 15.0 Å². The van der Waals surface area contributed by atoms with Crippen LogP contribution in [-0.2, 0) is 16.0 Å². The largest absolute Gasteiger partial charge is 0.457 e. The van der Waals surface area contributed by atoms with Gasteiger partial charge < -0.3 is 19.5 Å². The van der Waals surface area contributed by atoms with Gasteiger partial charge in [0, 0.05) is 42.4 Å². The Morgan fingerprint density at radius 2 is 1.91 bits per heavy atom. The molecule has 1 unspecified atom stereocenters. The maximum atomic E-state index is 12.5. The molecule has 1 fully saturated rings. The summed E-state index contributed by atoms with van der Waals surface area (Å²) in [7, 11) is 0. The number of hydrogen-bond acceptors (Lipinski definition) is 7. The van der Waals surface area contributed by atoms with Crippen LogP contribution in [0.4, 0.5) is 5.69 Å². The third-order valence-corrected chi connectivity index (χ3v) is 6.11. The first-order valence-corrected chi connectivity index (χ1v) is 11.9. The van der Waals surface area contributed by atoms with E-state index in [0.29, 0.717) is 30.4 Å². The molecule has 1 atom stereocenters. The molecule has 1 N–H and O–H groups in total. The average Bonchev–Trinajstić information content (AvgIpc) is 3.60. The first-order valence-electron chi connectivity index (χ1n) is 10.9. The highest BCUT2D eigenvalue weighted by molar-refractivity contribution is 7.08. The summed E-state index contributed by atoms with van der Waals surface area (Å²) < 4.78 is 11.0. The first kappa shape index (κ1) is 21.8. The lowest BCUT2D eigenvalue weighted by Crippen LogP contribution is -2.37. The van der Waals surface area contributed by atoms with E-state index in [-0.39, 0.29) is 30.7 Å². The van der Waals surface area contributed by atoms with E-state index >= 15 is 0 Å². The molecule has 34 heavy (non-hydrogen) atoms. The van der Waals surface area contributed by atoms with Crippen molar-refractivity contribution < 1.29 is 18.8 Å². The average molecular weight is 475 g/mol. The maximum Gasteiger partial charge on any atom is 0.229 e. The fourth-order valence-electron chi connectivity index (χ4n) is 3.76. The van der Waals surface area contributed by atoms with E-state index in [0.717, 1.165) is 17.0 Å². The monoisotopic (exact) mass is 474 g/mol. The molecule has 0 aliphatic carbocycles. The predicted molar refractivity (Wildman–Crippen MR) is 128 cm³/mol. The lowest BCUT2D eigenvalue weighted by atomic mass is 10.2. The number of carbonyl (C=O) groups excluding carboxylic acids is 2. The van der Waals surface area contributed by atoms with E-state index in [1.807, 2.05) is 71.4 Å². The molecule has 3 heterocycles. The standard InChI is InChI=1S/C25H22N4O4S/c30-22(10-11-23-27-25(28-33-23)17-12-13-34-16-17)26-18-14-24(31)29(15-18)19-6-8-21(9-7-19)32-20-4-2-1-3-5-20/h1-9,12-13,16,18H,10-11,14-15H2,(H,26,30). The first-order chi connectivity index (χ1) is 16.6. The lowest BCUT2D eigenvalue weighted by Gasteiger charge is -2.17. The number of benzene rings is 2. The second kappa shape index (κ2) is 9.88. The van der Waals surface area contributed by atoms with Crippen molar-refractivity contribution in [3.8, 4) is 22.9 Å². The highest BCUT2D eigenvalue weighted by Gasteiger charge is 2.31. The molecule has 5 rings (SSSR count). The van der Waals surface area contributed by atoms with Crippen LogP contribution in [0.5, 0.6) is 11.5 Å². The van der Waals surface area contributed by atoms with Crippen molar-refractivity contribution in [2.24, 2.45) is 0 Å². The Morgan fingerprint density at radius 3 is 2.68 bits per heavy atom. The fraction of sp³-hybridized carbons (Fsp3) is 0.200. The predicted octanol–water partition coefficient (Wildman–Crippen LogP) is 4.44. The molecule has 8 nitrogen and oxygen atoms in total. The van der Waals surface area contributed by atoms with Gasteiger partial charge in [0.25, 0.3) is 0 Å². The minimum atomic E-state index is -0.246. The van der Waals surface area contributed by atoms with Crippen molar-refractivity contribution in [1.29, 1.82) is 0 Å². The van der Waals surface area contributed by atoms with Crippen LogP contribution in [-0.4, -0.2) is 34.5 Å². The summed E-state index contributed by atoms with van der Waals surface area (Å²) in [5.41, 5.74) is 1.67. The number of thiophene rings is 1. The molecule has 172 valence electrons. The SMILES string of the molecule is O=C(CCc1nc(-c2ccsc2)no1)NC1CC(=O)N(c2ccc(Oc3ccccc3)cc2)C1. The zero-order valence-electron chi connectivity index (χ0n) is 18.2. The van der Waals surface area contributed by atoms with Crippen LogP contribution in [0.1, 0.15) is 18.7 Å². The van der Waals surface area contributed by atoms with Crippen molar-refractivity contribution in [3.63, 3.8) is 0 Å². The number of hydrogen-bond donors (Lipinski definition) is 1. The molecule has 0 spiro atoms. The number of carbonyl (C=O) groups is 2. The van der Waals surface area contributed by atoms with Gasteiger partial charge in [-0.2, -0.15) is 16.3 Å². The Balaban J connectivity index is 1.12. The Hall–Kier alpha value is -3.98. The van der Waals surface area contributed by atoms with Crippen LogP contribution in [0.25, 0.3) is 11.4 Å². The van der Waals surface area contributed by atoms with E-state index in [2.05, 4.69) is 15.5 Å². The molecule has 0 bridgehead atoms. The Bertz CT molecular complexity index is 1260. The van der Waals surface area contributed by atoms with Crippen LogP contribution >= 0.6 is 11.3 Å². The van der Waals surface area contributed by atoms with Crippen molar-refractivity contribution in [3.05, 3.63) is 77.3 Å². The zero-order valence-corrected chi connectivity index (χ0v) is 19.0. The molecule has 2 amide bonds. The van der Waals surface area contributed by atoms with Crippen molar-refractivity contribution in [1.82, 2.24) is 15.5 Å². The number of nitrogens with one attached hydrogen (secondary N) is 1. The molecule has 9 heteroatoms. The summed E-state index contributed by atoms with van der Waals surface area (Å²) >= 11 is 1.56. The Labute approximate surface area is 200 Å². The topological polar surface area (TPSA) is 97.6 Å². The number of rotatable bonds is 8. The molecule has 2 aromatic carbocycles. The van der Waals surface area contributed by atoms with Gasteiger partial charge in [-0.1, -0.05) is 23.4 Å². The molecule has 4 aromatic rings. The molecular weight excluding hydrogens is 452 g/mol. The highest BCUT2D eigenvalue weighted by Crippen LogP contribution is 2.27. The van der Waals surface area contributed by atoms with Crippen LogP contribution in [0.15, 0.2) is 75.9 Å². The van der Waals surface area contributed by atoms with E-state index < -0.39 is 0 Å². The summed E-state index contributed by atoms with van der Waals surface area (Å²) in [4.78, 5) is 31.0. The summed E-state index contributed by atoms with van der Waals surface area (Å²) in [6.45, 7) is 0.423. The number of aryl methyl sites for hydroxylation is 1. The second-order valence-electron chi connectivity index (χ2n) is 7.91. The molecule has 0 saturated carbocycles. The molecule has 1 aliphatic heterocycles. The lowest BCUT2D eigenvalue weighted by molar-refractivity contribution is -0.121. The molecule has 1 aliphatic rings. The fourth-order valence-corrected chi connectivity index (χ4v) is 4.39. The van der Waals surface area contributed by atoms with E-state index in [9.17, 15) is 9.59 Å². The second-order valence-corrected chi connectivity index (χ2v) is 8.69. The van der Waals surface area contributed by atoms with E-state index in [4.69, 9.17) is 9.26 Å². The number of ether oxygens (including phenoxy) is 1. The highest BCUT2D eigenvalue weighted by atomic mass is 32.1. The molecule has 2 aromatic heterocycles. The summed E-state index contributed by atoms with van der Waals surface area (Å²) in [5.74, 6) is 2.20. The van der Waals surface area contributed by atoms with Gasteiger partial charge in [-0.15, -0.1) is 0 Å². The van der Waals surface area contributed by atoms with Crippen LogP contribution in [0, 0.1) is 0 Å². The normalized spacial score (nSPS) is 15.5. The van der Waals surface area contributed by atoms with Crippen LogP contribution in [0.2, 0.25) is 0 Å². The third kappa shape index (κ3) is 5.15. The quantitative estimate of drug-likeness (QED) is 0.405. The third-order valence-electron chi connectivity index (χ3n) is 5.43. The molecular formula is C25H22N4O4S. The van der Waals surface area contributed by atoms with Gasteiger partial charge in [-0.25, -0.2) is 0 Å². The molecule has 0 radical (unpaired) electrons. The number of anilines is 1. The van der Waals surface area contributed by atoms with Gasteiger partial charge in [0.15, 0.2) is 0 Å². The minimum Gasteiger partial charge on any atom is -0.457 e. The van der Waals surface area contributed by atoms with Crippen LogP contribution in [0.3, 0.4) is 0 Å². The van der Waals surface area contributed by atoms with Gasteiger partial charge in [0.1, 0.15) is 11.5 Å². The van der Waals surface area contributed by atoms with Gasteiger partial charge in [0.05, 0.1) is 6.04 Å². The van der Waals surface area contributed by atoms with Crippen molar-refractivity contribution in [2.75, 3.05) is 11.4 Å². The summed E-state index contributed by atoms with van der Waals surface area (Å²) in [6, 6.07) is 18.5. The summed E-state index contributed by atoms with van der Waals surface area (Å²) in [6.07, 6.45) is 0.814. The maximum absolute atomic E-state index is 12.5. The Morgan fingerprint density at radius 1 is 1.12 bits per heavy atom. The smallest absolute Gasteiger partial charge is 0.229 e. The van der Waals surface area contributed by atoms with Crippen molar-refractivity contribution >= 4 is 28.8 Å². The van der Waals surface area contributed by atoms with Crippen molar-refractivity contribution in [2.45, 2.75) is 25.3 Å². The minimum absolute atomic E-state index is 0.0284. The van der Waals surface area contributed by atoms with Gasteiger partial charge >= 0.3 is 0 Å². The Kier molecular flexibility index (Phi) is 6.35. The van der Waals surface area contributed by atoms with E-state index in [1.54, 1.807) is 16.2 Å². The number of amides is 2. The molecule has 1 saturated heterocycles. The van der Waals surface area contributed by atoms with Gasteiger partial charge in [-0.3, -0.25) is 9.59 Å². The number of para-hydroxylation sites is 1. The summed E-state index contributed by atoms with van der Waals surface area (Å²) in [5, 5.41) is 10.8. The zero-order chi connectivity index (χ0) is 23.3. The van der Waals surface area contributed by atoms with E-state index in [1.165, 1.54) is 0 Å². The number of aromatic nitrogens is 2. The number of nitrogens with zero attached hydrogens (tertiary/aromatic N) is 3. The van der Waals surface area contributed by atoms with Gasteiger partial charge in [0.2, 0.25) is 23.5 Å².